The third-order valence-electron chi connectivity index (χ3n) is 4.13. The molecular formula is C17H25BrN2O. The first kappa shape index (κ1) is 16.5. The Morgan fingerprint density at radius 2 is 1.90 bits per heavy atom. The van der Waals surface area contributed by atoms with Crippen LogP contribution < -0.4 is 5.32 Å². The van der Waals surface area contributed by atoms with Crippen molar-refractivity contribution < 1.29 is 4.79 Å². The van der Waals surface area contributed by atoms with Gasteiger partial charge in [-0.1, -0.05) is 40.9 Å². The Kier molecular flexibility index (Phi) is 6.24. The van der Waals surface area contributed by atoms with Crippen LogP contribution in [0.3, 0.4) is 0 Å². The zero-order valence-electron chi connectivity index (χ0n) is 12.9. The molecule has 4 heteroatoms. The lowest BCUT2D eigenvalue weighted by molar-refractivity contribution is -0.121. The predicted octanol–water partition coefficient (Wildman–Crippen LogP) is 3.23. The lowest BCUT2D eigenvalue weighted by atomic mass is 9.84. The molecule has 1 fully saturated rings. The quantitative estimate of drug-likeness (QED) is 0.882. The van der Waals surface area contributed by atoms with E-state index in [1.165, 1.54) is 19.3 Å². The highest BCUT2D eigenvalue weighted by atomic mass is 79.9. The number of nitrogens with one attached hydrogen (secondary N) is 1. The summed E-state index contributed by atoms with van der Waals surface area (Å²) in [6.45, 7) is 1.06. The molecule has 116 valence electrons. The van der Waals surface area contributed by atoms with Gasteiger partial charge in [0.1, 0.15) is 0 Å². The maximum atomic E-state index is 12.3. The molecule has 21 heavy (non-hydrogen) atoms. The molecule has 0 aliphatic heterocycles. The van der Waals surface area contributed by atoms with Crippen molar-refractivity contribution in [2.75, 3.05) is 20.6 Å². The molecule has 1 aliphatic rings. The molecule has 0 saturated heterocycles. The number of carbonyl (C=O) groups is 1. The third kappa shape index (κ3) is 5.44. The highest BCUT2D eigenvalue weighted by molar-refractivity contribution is 9.10. The van der Waals surface area contributed by atoms with Crippen molar-refractivity contribution >= 4 is 21.8 Å². The van der Waals surface area contributed by atoms with E-state index >= 15 is 0 Å². The third-order valence-corrected chi connectivity index (χ3v) is 4.66. The van der Waals surface area contributed by atoms with Crippen LogP contribution in [0, 0.1) is 5.92 Å². The fraction of sp³-hybridized carbons (Fsp3) is 0.588. The molecule has 1 amide bonds. The Morgan fingerprint density at radius 3 is 2.57 bits per heavy atom. The highest BCUT2D eigenvalue weighted by Gasteiger charge is 2.26. The van der Waals surface area contributed by atoms with E-state index in [4.69, 9.17) is 0 Å². The molecular weight excluding hydrogens is 328 g/mol. The zero-order chi connectivity index (χ0) is 15.2. The van der Waals surface area contributed by atoms with Gasteiger partial charge in [-0.2, -0.15) is 0 Å². The van der Waals surface area contributed by atoms with Gasteiger partial charge in [0, 0.05) is 17.1 Å². The summed E-state index contributed by atoms with van der Waals surface area (Å²) >= 11 is 3.42. The Labute approximate surface area is 136 Å². The maximum absolute atomic E-state index is 12.3. The lowest BCUT2D eigenvalue weighted by Gasteiger charge is -2.34. The van der Waals surface area contributed by atoms with Crippen LogP contribution in [0.25, 0.3) is 0 Å². The SMILES string of the molecule is CN(C)CC1CCCCC1NC(=O)Cc1ccc(Br)cc1. The van der Waals surface area contributed by atoms with E-state index in [1.807, 2.05) is 24.3 Å². The van der Waals surface area contributed by atoms with Crippen molar-refractivity contribution in [1.82, 2.24) is 10.2 Å². The number of amides is 1. The number of hydrogen-bond donors (Lipinski definition) is 1. The van der Waals surface area contributed by atoms with Crippen LogP contribution in [0.15, 0.2) is 28.7 Å². The summed E-state index contributed by atoms with van der Waals surface area (Å²) in [5, 5.41) is 3.26. The summed E-state index contributed by atoms with van der Waals surface area (Å²) in [5.74, 6) is 0.732. The van der Waals surface area contributed by atoms with E-state index < -0.39 is 0 Å². The van der Waals surface area contributed by atoms with Gasteiger partial charge in [-0.3, -0.25) is 4.79 Å². The average Bonchev–Trinajstić information content (AvgIpc) is 2.43. The van der Waals surface area contributed by atoms with Gasteiger partial charge in [-0.05, 0) is 50.6 Å². The van der Waals surface area contributed by atoms with Crippen LogP contribution in [0.2, 0.25) is 0 Å². The van der Waals surface area contributed by atoms with Gasteiger partial charge >= 0.3 is 0 Å². The van der Waals surface area contributed by atoms with Crippen LogP contribution >= 0.6 is 15.9 Å². The number of nitrogens with zero attached hydrogens (tertiary/aromatic N) is 1. The summed E-state index contributed by atoms with van der Waals surface area (Å²) in [4.78, 5) is 14.5. The van der Waals surface area contributed by atoms with Crippen molar-refractivity contribution in [1.29, 1.82) is 0 Å². The topological polar surface area (TPSA) is 32.3 Å². The van der Waals surface area contributed by atoms with E-state index in [9.17, 15) is 4.79 Å². The van der Waals surface area contributed by atoms with Crippen molar-refractivity contribution in [3.05, 3.63) is 34.3 Å². The Hall–Kier alpha value is -0.870. The molecule has 1 aromatic rings. The van der Waals surface area contributed by atoms with Crippen molar-refractivity contribution in [2.24, 2.45) is 5.92 Å². The summed E-state index contributed by atoms with van der Waals surface area (Å²) in [6, 6.07) is 8.31. The first-order chi connectivity index (χ1) is 10.0. The van der Waals surface area contributed by atoms with E-state index in [-0.39, 0.29) is 5.91 Å². The van der Waals surface area contributed by atoms with Gasteiger partial charge in [-0.25, -0.2) is 0 Å². The van der Waals surface area contributed by atoms with Gasteiger partial charge in [0.25, 0.3) is 0 Å². The molecule has 1 saturated carbocycles. The molecule has 0 bridgehead atoms. The number of carbonyl (C=O) groups excluding carboxylic acids is 1. The molecule has 1 aromatic carbocycles. The first-order valence-corrected chi connectivity index (χ1v) is 8.52. The molecule has 0 spiro atoms. The van der Waals surface area contributed by atoms with Crippen LogP contribution in [0.1, 0.15) is 31.2 Å². The minimum atomic E-state index is 0.146. The molecule has 0 radical (unpaired) electrons. The summed E-state index contributed by atoms with van der Waals surface area (Å²) < 4.78 is 1.05. The van der Waals surface area contributed by atoms with Crippen molar-refractivity contribution in [2.45, 2.75) is 38.1 Å². The highest BCUT2D eigenvalue weighted by Crippen LogP contribution is 2.25. The predicted molar refractivity (Wildman–Crippen MR) is 90.3 cm³/mol. The monoisotopic (exact) mass is 352 g/mol. The van der Waals surface area contributed by atoms with Crippen LogP contribution in [-0.4, -0.2) is 37.5 Å². The minimum absolute atomic E-state index is 0.146. The van der Waals surface area contributed by atoms with Gasteiger partial charge < -0.3 is 10.2 Å². The number of rotatable bonds is 5. The second-order valence-electron chi connectivity index (χ2n) is 6.28. The molecule has 1 aliphatic carbocycles. The van der Waals surface area contributed by atoms with Crippen LogP contribution in [-0.2, 0) is 11.2 Å². The van der Waals surface area contributed by atoms with Crippen LogP contribution in [0.5, 0.6) is 0 Å². The lowest BCUT2D eigenvalue weighted by Crippen LogP contribution is -2.45. The molecule has 0 heterocycles. The second-order valence-corrected chi connectivity index (χ2v) is 7.20. The summed E-state index contributed by atoms with van der Waals surface area (Å²) in [5.41, 5.74) is 1.07. The minimum Gasteiger partial charge on any atom is -0.353 e. The summed E-state index contributed by atoms with van der Waals surface area (Å²) in [7, 11) is 4.21. The molecule has 3 nitrogen and oxygen atoms in total. The van der Waals surface area contributed by atoms with Crippen molar-refractivity contribution in [3.8, 4) is 0 Å². The number of halogens is 1. The Balaban J connectivity index is 1.89. The first-order valence-electron chi connectivity index (χ1n) is 7.73. The maximum Gasteiger partial charge on any atom is 0.224 e. The van der Waals surface area contributed by atoms with E-state index in [0.717, 1.165) is 23.0 Å². The van der Waals surface area contributed by atoms with Crippen LogP contribution in [0.4, 0.5) is 0 Å². The molecule has 2 rings (SSSR count). The fourth-order valence-corrected chi connectivity index (χ4v) is 3.40. The number of hydrogen-bond acceptors (Lipinski definition) is 2. The summed E-state index contributed by atoms with van der Waals surface area (Å²) in [6.07, 6.45) is 5.33. The molecule has 0 aromatic heterocycles. The standard InChI is InChI=1S/C17H25BrN2O/c1-20(2)12-14-5-3-4-6-16(14)19-17(21)11-13-7-9-15(18)10-8-13/h7-10,14,16H,3-6,11-12H2,1-2H3,(H,19,21). The normalized spacial score (nSPS) is 22.3. The largest absolute Gasteiger partial charge is 0.353 e. The fourth-order valence-electron chi connectivity index (χ4n) is 3.13. The molecule has 1 N–H and O–H groups in total. The average molecular weight is 353 g/mol. The Morgan fingerprint density at radius 1 is 1.24 bits per heavy atom. The van der Waals surface area contributed by atoms with Crippen molar-refractivity contribution in [3.63, 3.8) is 0 Å². The van der Waals surface area contributed by atoms with E-state index in [1.54, 1.807) is 0 Å². The smallest absolute Gasteiger partial charge is 0.224 e. The van der Waals surface area contributed by atoms with Gasteiger partial charge in [0.15, 0.2) is 0 Å². The van der Waals surface area contributed by atoms with Gasteiger partial charge in [-0.15, -0.1) is 0 Å². The molecule has 2 atom stereocenters. The van der Waals surface area contributed by atoms with Gasteiger partial charge in [0.2, 0.25) is 5.91 Å². The second kappa shape index (κ2) is 7.95. The Bertz CT molecular complexity index is 458. The van der Waals surface area contributed by atoms with E-state index in [0.29, 0.717) is 18.4 Å². The van der Waals surface area contributed by atoms with E-state index in [2.05, 4.69) is 40.2 Å². The zero-order valence-corrected chi connectivity index (χ0v) is 14.5. The molecule has 2 unspecified atom stereocenters. The number of benzene rings is 1. The van der Waals surface area contributed by atoms with Gasteiger partial charge in [0.05, 0.1) is 6.42 Å².